The van der Waals surface area contributed by atoms with Crippen LogP contribution in [0.25, 0.3) is 55.2 Å². The van der Waals surface area contributed by atoms with Gasteiger partial charge in [-0.15, -0.1) is 0 Å². The standard InChI is InChI=1S/C28H21N3O/c1-16-7-9-19-14-29-15-25(24(19)11-16)23-12-26(30-13-17(23)2)22-6-4-5-20-21-10-8-18(3)31-28(21)32-27(20)22/h4-15H,1-3H3/i1D3,2D3,3D3. The van der Waals surface area contributed by atoms with Crippen molar-refractivity contribution in [1.29, 1.82) is 0 Å². The second-order valence-electron chi connectivity index (χ2n) is 7.57. The van der Waals surface area contributed by atoms with Crippen molar-refractivity contribution in [3.8, 4) is 22.4 Å². The number of pyridine rings is 3. The number of hydrogen-bond acceptors (Lipinski definition) is 4. The van der Waals surface area contributed by atoms with E-state index >= 15 is 0 Å². The monoisotopic (exact) mass is 424 g/mol. The number of benzene rings is 2. The molecule has 0 unspecified atom stereocenters. The molecule has 4 heterocycles. The van der Waals surface area contributed by atoms with Crippen LogP contribution in [0.15, 0.2) is 77.6 Å². The fourth-order valence-corrected chi connectivity index (χ4v) is 4.08. The van der Waals surface area contributed by atoms with Crippen LogP contribution in [-0.2, 0) is 0 Å². The van der Waals surface area contributed by atoms with Crippen molar-refractivity contribution in [3.05, 3.63) is 90.0 Å². The number of aryl methyl sites for hydroxylation is 3. The minimum absolute atomic E-state index is 0.0180. The van der Waals surface area contributed by atoms with Gasteiger partial charge in [0.05, 0.1) is 5.69 Å². The van der Waals surface area contributed by atoms with E-state index < -0.39 is 20.6 Å². The van der Waals surface area contributed by atoms with Gasteiger partial charge in [-0.3, -0.25) is 9.97 Å². The molecule has 0 bridgehead atoms. The number of nitrogens with zero attached hydrogens (tertiary/aromatic N) is 3. The van der Waals surface area contributed by atoms with Gasteiger partial charge in [0.2, 0.25) is 5.71 Å². The Hall–Kier alpha value is -4.05. The lowest BCUT2D eigenvalue weighted by atomic mass is 9.95. The maximum Gasteiger partial charge on any atom is 0.227 e. The first-order chi connectivity index (χ1) is 19.2. The third kappa shape index (κ3) is 2.88. The first kappa shape index (κ1) is 11.5. The lowest BCUT2D eigenvalue weighted by molar-refractivity contribution is 0.653. The van der Waals surface area contributed by atoms with Gasteiger partial charge >= 0.3 is 0 Å². The number of fused-ring (bicyclic) bond motifs is 4. The van der Waals surface area contributed by atoms with Crippen molar-refractivity contribution in [2.75, 3.05) is 0 Å². The molecule has 154 valence electrons. The van der Waals surface area contributed by atoms with Crippen LogP contribution in [0.4, 0.5) is 0 Å². The Balaban J connectivity index is 1.61. The zero-order chi connectivity index (χ0) is 29.3. The summed E-state index contributed by atoms with van der Waals surface area (Å²) in [5, 5.41) is 2.52. The maximum atomic E-state index is 8.17. The second kappa shape index (κ2) is 6.99. The van der Waals surface area contributed by atoms with Crippen molar-refractivity contribution in [3.63, 3.8) is 0 Å². The van der Waals surface area contributed by atoms with Crippen LogP contribution in [0.1, 0.15) is 29.2 Å². The number of hydrogen-bond donors (Lipinski definition) is 0. The van der Waals surface area contributed by atoms with Crippen molar-refractivity contribution in [1.82, 2.24) is 15.0 Å². The van der Waals surface area contributed by atoms with E-state index in [0.717, 1.165) is 0 Å². The van der Waals surface area contributed by atoms with E-state index in [1.165, 1.54) is 30.6 Å². The molecule has 32 heavy (non-hydrogen) atoms. The van der Waals surface area contributed by atoms with Gasteiger partial charge in [0, 0.05) is 63.9 Å². The molecule has 0 amide bonds. The van der Waals surface area contributed by atoms with Gasteiger partial charge in [-0.05, 0) is 61.3 Å². The largest absolute Gasteiger partial charge is 0.437 e. The summed E-state index contributed by atoms with van der Waals surface area (Å²) >= 11 is 0. The van der Waals surface area contributed by atoms with Crippen LogP contribution < -0.4 is 0 Å². The zero-order valence-electron chi connectivity index (χ0n) is 25.7. The molecule has 4 aromatic heterocycles. The summed E-state index contributed by atoms with van der Waals surface area (Å²) in [5.74, 6) is 0. The highest BCUT2D eigenvalue weighted by Crippen LogP contribution is 2.37. The SMILES string of the molecule is [2H]C([2H])([2H])c1ccc2cncc(-c3cc(-c4cccc5c4oc4nc(C([2H])([2H])[2H])ccc45)ncc3C([2H])([2H])[2H])c2c1. The van der Waals surface area contributed by atoms with E-state index in [1.54, 1.807) is 36.5 Å². The molecule has 4 nitrogen and oxygen atoms in total. The summed E-state index contributed by atoms with van der Waals surface area (Å²) in [6, 6.07) is 14.8. The molecule has 0 saturated carbocycles. The van der Waals surface area contributed by atoms with Crippen molar-refractivity contribution >= 4 is 32.8 Å². The van der Waals surface area contributed by atoms with E-state index in [9.17, 15) is 0 Å². The Kier molecular flexibility index (Phi) is 2.52. The van der Waals surface area contributed by atoms with E-state index in [1.807, 2.05) is 6.07 Å². The molecule has 0 N–H and O–H groups in total. The average Bonchev–Trinajstić information content (AvgIpc) is 3.29. The van der Waals surface area contributed by atoms with Crippen LogP contribution >= 0.6 is 0 Å². The summed E-state index contributed by atoms with van der Waals surface area (Å²) in [4.78, 5) is 13.0. The molecule has 0 atom stereocenters. The molecule has 2 aromatic carbocycles. The average molecular weight is 425 g/mol. The molecule has 0 saturated heterocycles. The van der Waals surface area contributed by atoms with Gasteiger partial charge in [0.15, 0.2) is 0 Å². The van der Waals surface area contributed by atoms with Crippen LogP contribution in [0.2, 0.25) is 0 Å². The van der Waals surface area contributed by atoms with Gasteiger partial charge in [-0.1, -0.05) is 35.9 Å². The number of para-hydroxylation sites is 1. The molecule has 0 fully saturated rings. The second-order valence-corrected chi connectivity index (χ2v) is 7.57. The molecule has 0 aliphatic carbocycles. The third-order valence-electron chi connectivity index (χ3n) is 5.60. The minimum atomic E-state index is -2.52. The van der Waals surface area contributed by atoms with Gasteiger partial charge < -0.3 is 4.42 Å². The Morgan fingerprint density at radius 3 is 2.69 bits per heavy atom. The molecule has 0 radical (unpaired) electrons. The van der Waals surface area contributed by atoms with Crippen LogP contribution in [0.5, 0.6) is 0 Å². The lowest BCUT2D eigenvalue weighted by Crippen LogP contribution is -1.92. The van der Waals surface area contributed by atoms with Crippen molar-refractivity contribution < 1.29 is 16.8 Å². The van der Waals surface area contributed by atoms with E-state index in [-0.39, 0.29) is 22.5 Å². The highest BCUT2D eigenvalue weighted by molar-refractivity contribution is 6.08. The van der Waals surface area contributed by atoms with Gasteiger partial charge in [0.1, 0.15) is 5.58 Å². The Labute approximate surface area is 198 Å². The fraction of sp³-hybridized carbons (Fsp3) is 0.107. The smallest absolute Gasteiger partial charge is 0.227 e. The quantitative estimate of drug-likeness (QED) is 0.295. The molecule has 6 aromatic rings. The predicted molar refractivity (Wildman–Crippen MR) is 130 cm³/mol. The van der Waals surface area contributed by atoms with E-state index in [0.29, 0.717) is 49.5 Å². The Morgan fingerprint density at radius 1 is 0.781 bits per heavy atom. The Morgan fingerprint density at radius 2 is 1.78 bits per heavy atom. The summed E-state index contributed by atoms with van der Waals surface area (Å²) in [6.45, 7) is -7.27. The zero-order valence-corrected chi connectivity index (χ0v) is 16.7. The third-order valence-corrected chi connectivity index (χ3v) is 5.60. The number of aromatic nitrogens is 3. The molecule has 0 aliphatic heterocycles. The van der Waals surface area contributed by atoms with Crippen LogP contribution in [0, 0.1) is 20.6 Å². The summed E-state index contributed by atoms with van der Waals surface area (Å²) in [5.41, 5.74) is 2.32. The lowest BCUT2D eigenvalue weighted by Gasteiger charge is -2.12. The predicted octanol–water partition coefficient (Wildman–Crippen LogP) is 7.18. The normalized spacial score (nSPS) is 16.9. The highest BCUT2D eigenvalue weighted by Gasteiger charge is 2.16. The summed E-state index contributed by atoms with van der Waals surface area (Å²) in [7, 11) is 0. The molecule has 0 aliphatic rings. The Bertz CT molecular complexity index is 1970. The molecule has 6 rings (SSSR count). The van der Waals surface area contributed by atoms with Gasteiger partial charge in [-0.2, -0.15) is 0 Å². The first-order valence-corrected chi connectivity index (χ1v) is 9.94. The molecule has 4 heteroatoms. The van der Waals surface area contributed by atoms with Gasteiger partial charge in [-0.25, -0.2) is 4.98 Å². The fourth-order valence-electron chi connectivity index (χ4n) is 4.08. The number of furan rings is 1. The summed E-state index contributed by atoms with van der Waals surface area (Å²) in [6.07, 6.45) is 4.40. The van der Waals surface area contributed by atoms with E-state index in [2.05, 4.69) is 15.0 Å². The number of rotatable bonds is 2. The highest BCUT2D eigenvalue weighted by atomic mass is 16.3. The molecule has 0 spiro atoms. The van der Waals surface area contributed by atoms with Crippen LogP contribution in [-0.4, -0.2) is 15.0 Å². The van der Waals surface area contributed by atoms with Crippen molar-refractivity contribution in [2.45, 2.75) is 20.6 Å². The van der Waals surface area contributed by atoms with E-state index in [4.69, 9.17) is 16.8 Å². The minimum Gasteiger partial charge on any atom is -0.437 e. The topological polar surface area (TPSA) is 51.8 Å². The first-order valence-electron chi connectivity index (χ1n) is 14.4. The maximum absolute atomic E-state index is 8.17. The van der Waals surface area contributed by atoms with Crippen molar-refractivity contribution in [2.24, 2.45) is 0 Å². The van der Waals surface area contributed by atoms with Crippen LogP contribution in [0.3, 0.4) is 0 Å². The molecular weight excluding hydrogens is 394 g/mol. The molecular formula is C28H21N3O. The summed E-state index contributed by atoms with van der Waals surface area (Å²) < 4.78 is 77.2. The van der Waals surface area contributed by atoms with Gasteiger partial charge in [0.25, 0.3) is 0 Å².